The minimum Gasteiger partial charge on any atom is -0.497 e. The van der Waals surface area contributed by atoms with E-state index in [-0.39, 0.29) is 5.78 Å². The van der Waals surface area contributed by atoms with Crippen molar-refractivity contribution in [3.05, 3.63) is 60.2 Å². The molecule has 0 heterocycles. The summed E-state index contributed by atoms with van der Waals surface area (Å²) in [5, 5.41) is 13.6. The number of nitrogens with one attached hydrogen (secondary N) is 1. The predicted molar refractivity (Wildman–Crippen MR) is 87.1 cm³/mol. The Hall–Kier alpha value is -2.33. The number of carbonyl (C=O) groups excluding carboxylic acids is 1. The van der Waals surface area contributed by atoms with Crippen molar-refractivity contribution in [1.29, 1.82) is 0 Å². The molecule has 0 amide bonds. The lowest BCUT2D eigenvalue weighted by Gasteiger charge is -2.24. The van der Waals surface area contributed by atoms with Crippen molar-refractivity contribution in [2.24, 2.45) is 0 Å². The van der Waals surface area contributed by atoms with Crippen molar-refractivity contribution in [3.8, 4) is 5.75 Å². The van der Waals surface area contributed by atoms with Gasteiger partial charge in [-0.3, -0.25) is 4.79 Å². The molecule has 0 aromatic heterocycles. The van der Waals surface area contributed by atoms with Gasteiger partial charge in [-0.1, -0.05) is 37.3 Å². The number of benzene rings is 2. The van der Waals surface area contributed by atoms with Gasteiger partial charge in [0.15, 0.2) is 5.78 Å². The van der Waals surface area contributed by atoms with Crippen LogP contribution in [-0.4, -0.2) is 24.1 Å². The molecule has 2 atom stereocenters. The van der Waals surface area contributed by atoms with E-state index in [0.717, 1.165) is 17.0 Å². The van der Waals surface area contributed by atoms with Crippen molar-refractivity contribution < 1.29 is 14.6 Å². The van der Waals surface area contributed by atoms with Gasteiger partial charge in [-0.25, -0.2) is 0 Å². The molecular formula is C18H21NO3. The third kappa shape index (κ3) is 3.86. The molecule has 116 valence electrons. The molecule has 0 spiro atoms. The lowest BCUT2D eigenvalue weighted by molar-refractivity contribution is -0.127. The average Bonchev–Trinajstić information content (AvgIpc) is 2.59. The highest BCUT2D eigenvalue weighted by atomic mass is 16.5. The minimum absolute atomic E-state index is 0.185. The Balaban J connectivity index is 2.25. The summed E-state index contributed by atoms with van der Waals surface area (Å²) in [5.74, 6) is 0.571. The zero-order valence-electron chi connectivity index (χ0n) is 12.8. The average molecular weight is 299 g/mol. The fraction of sp³-hybridized carbons (Fsp3) is 0.278. The summed E-state index contributed by atoms with van der Waals surface area (Å²) in [6.07, 6.45) is -0.788. The molecule has 2 aromatic rings. The van der Waals surface area contributed by atoms with E-state index in [1.165, 1.54) is 0 Å². The number of aliphatic hydroxyl groups is 1. The van der Waals surface area contributed by atoms with Crippen LogP contribution in [0.1, 0.15) is 24.9 Å². The summed E-state index contributed by atoms with van der Waals surface area (Å²) in [7, 11) is 1.61. The lowest BCUT2D eigenvalue weighted by atomic mass is 9.97. The SMILES string of the molecule is CCC(=O)[C@H](O)[C@H](Nc1ccc(OC)cc1)c1ccccc1. The number of ketones is 1. The number of carbonyl (C=O) groups is 1. The molecule has 0 saturated carbocycles. The molecule has 2 N–H and O–H groups in total. The van der Waals surface area contributed by atoms with Gasteiger partial charge in [0.2, 0.25) is 0 Å². The van der Waals surface area contributed by atoms with E-state index in [2.05, 4.69) is 5.32 Å². The Bertz CT molecular complexity index is 595. The van der Waals surface area contributed by atoms with Crippen LogP contribution in [0.15, 0.2) is 54.6 Å². The van der Waals surface area contributed by atoms with Crippen molar-refractivity contribution in [2.45, 2.75) is 25.5 Å². The third-order valence-electron chi connectivity index (χ3n) is 3.56. The minimum atomic E-state index is -1.09. The van der Waals surface area contributed by atoms with E-state index in [0.29, 0.717) is 6.42 Å². The molecule has 22 heavy (non-hydrogen) atoms. The van der Waals surface area contributed by atoms with Crippen molar-refractivity contribution in [2.75, 3.05) is 12.4 Å². The Morgan fingerprint density at radius 2 is 1.77 bits per heavy atom. The van der Waals surface area contributed by atoms with Crippen molar-refractivity contribution in [1.82, 2.24) is 0 Å². The first-order valence-electron chi connectivity index (χ1n) is 7.32. The van der Waals surface area contributed by atoms with E-state index in [9.17, 15) is 9.90 Å². The summed E-state index contributed by atoms with van der Waals surface area (Å²) in [6, 6.07) is 16.4. The zero-order chi connectivity index (χ0) is 15.9. The summed E-state index contributed by atoms with van der Waals surface area (Å²) < 4.78 is 5.13. The van der Waals surface area contributed by atoms with E-state index in [4.69, 9.17) is 4.74 Å². The van der Waals surface area contributed by atoms with Gasteiger partial charge in [0.05, 0.1) is 13.2 Å². The third-order valence-corrected chi connectivity index (χ3v) is 3.56. The lowest BCUT2D eigenvalue weighted by Crippen LogP contribution is -2.32. The van der Waals surface area contributed by atoms with Gasteiger partial charge in [-0.2, -0.15) is 0 Å². The van der Waals surface area contributed by atoms with Crippen LogP contribution in [0.25, 0.3) is 0 Å². The van der Waals surface area contributed by atoms with Gasteiger partial charge in [-0.15, -0.1) is 0 Å². The molecule has 4 nitrogen and oxygen atoms in total. The zero-order valence-corrected chi connectivity index (χ0v) is 12.8. The molecule has 2 rings (SSSR count). The Morgan fingerprint density at radius 1 is 1.14 bits per heavy atom. The number of hydrogen-bond donors (Lipinski definition) is 2. The van der Waals surface area contributed by atoms with E-state index in [1.54, 1.807) is 14.0 Å². The number of rotatable bonds is 7. The fourth-order valence-electron chi connectivity index (χ4n) is 2.27. The molecule has 0 unspecified atom stereocenters. The molecule has 4 heteroatoms. The maximum Gasteiger partial charge on any atom is 0.163 e. The Labute approximate surface area is 130 Å². The van der Waals surface area contributed by atoms with Gasteiger partial charge in [0, 0.05) is 12.1 Å². The second-order valence-electron chi connectivity index (χ2n) is 5.03. The second-order valence-corrected chi connectivity index (χ2v) is 5.03. The predicted octanol–water partition coefficient (Wildman–Crippen LogP) is 3.19. The highest BCUT2D eigenvalue weighted by molar-refractivity contribution is 5.84. The molecule has 0 bridgehead atoms. The first-order valence-corrected chi connectivity index (χ1v) is 7.32. The summed E-state index contributed by atoms with van der Waals surface area (Å²) >= 11 is 0. The molecule has 2 aromatic carbocycles. The van der Waals surface area contributed by atoms with Crippen LogP contribution in [0.2, 0.25) is 0 Å². The van der Waals surface area contributed by atoms with E-state index >= 15 is 0 Å². The molecule has 0 radical (unpaired) electrons. The molecule has 0 aliphatic carbocycles. The number of Topliss-reactive ketones (excluding diaryl/α,β-unsaturated/α-hetero) is 1. The molecule has 0 fully saturated rings. The molecule has 0 aliphatic heterocycles. The number of methoxy groups -OCH3 is 1. The summed E-state index contributed by atoms with van der Waals surface area (Å²) in [4.78, 5) is 11.9. The highest BCUT2D eigenvalue weighted by Crippen LogP contribution is 2.25. The standard InChI is InChI=1S/C18H21NO3/c1-3-16(20)18(21)17(13-7-5-4-6-8-13)19-14-9-11-15(22-2)12-10-14/h4-12,17-19,21H,3H2,1-2H3/t17-,18+/m1/s1. The monoisotopic (exact) mass is 299 g/mol. The molecule has 0 saturated heterocycles. The smallest absolute Gasteiger partial charge is 0.163 e. The highest BCUT2D eigenvalue weighted by Gasteiger charge is 2.26. The molecule has 0 aliphatic rings. The molecular weight excluding hydrogens is 278 g/mol. The van der Waals surface area contributed by atoms with Gasteiger partial charge in [0.25, 0.3) is 0 Å². The van der Waals surface area contributed by atoms with Crippen LogP contribution in [-0.2, 0) is 4.79 Å². The largest absolute Gasteiger partial charge is 0.497 e. The maximum absolute atomic E-state index is 11.9. The van der Waals surface area contributed by atoms with Crippen LogP contribution in [0.3, 0.4) is 0 Å². The number of hydrogen-bond acceptors (Lipinski definition) is 4. The summed E-state index contributed by atoms with van der Waals surface area (Å²) in [5.41, 5.74) is 1.69. The summed E-state index contributed by atoms with van der Waals surface area (Å²) in [6.45, 7) is 1.75. The van der Waals surface area contributed by atoms with Crippen LogP contribution in [0.5, 0.6) is 5.75 Å². The second kappa shape index (κ2) is 7.61. The normalized spacial score (nSPS) is 13.2. The Kier molecular flexibility index (Phi) is 5.55. The quantitative estimate of drug-likeness (QED) is 0.824. The van der Waals surface area contributed by atoms with Gasteiger partial charge in [-0.05, 0) is 29.8 Å². The van der Waals surface area contributed by atoms with Crippen LogP contribution in [0, 0.1) is 0 Å². The van der Waals surface area contributed by atoms with Crippen molar-refractivity contribution in [3.63, 3.8) is 0 Å². The first-order chi connectivity index (χ1) is 10.7. The number of aliphatic hydroxyl groups excluding tert-OH is 1. The van der Waals surface area contributed by atoms with Gasteiger partial charge in [0.1, 0.15) is 11.9 Å². The van der Waals surface area contributed by atoms with Gasteiger partial charge >= 0.3 is 0 Å². The van der Waals surface area contributed by atoms with Gasteiger partial charge < -0.3 is 15.2 Å². The van der Waals surface area contributed by atoms with Crippen LogP contribution < -0.4 is 10.1 Å². The van der Waals surface area contributed by atoms with E-state index in [1.807, 2.05) is 54.6 Å². The van der Waals surface area contributed by atoms with Crippen LogP contribution >= 0.6 is 0 Å². The fourth-order valence-corrected chi connectivity index (χ4v) is 2.27. The van der Waals surface area contributed by atoms with Crippen LogP contribution in [0.4, 0.5) is 5.69 Å². The number of ether oxygens (including phenoxy) is 1. The Morgan fingerprint density at radius 3 is 2.32 bits per heavy atom. The van der Waals surface area contributed by atoms with Crippen molar-refractivity contribution >= 4 is 11.5 Å². The number of anilines is 1. The van der Waals surface area contributed by atoms with E-state index < -0.39 is 12.1 Å². The topological polar surface area (TPSA) is 58.6 Å². The maximum atomic E-state index is 11.9. The first kappa shape index (κ1) is 16.0.